The molecule has 0 saturated heterocycles. The van der Waals surface area contributed by atoms with Gasteiger partial charge in [0.25, 0.3) is 0 Å². The Hall–Kier alpha value is -0.970. The summed E-state index contributed by atoms with van der Waals surface area (Å²) in [5, 5.41) is 3.02. The SMILES string of the molecule is CNCC(OCOC)c1ccc(F)cc1. The Kier molecular flexibility index (Phi) is 5.25. The summed E-state index contributed by atoms with van der Waals surface area (Å²) in [6.07, 6.45) is -0.115. The lowest BCUT2D eigenvalue weighted by molar-refractivity contribution is -0.0718. The average Bonchev–Trinajstić information content (AvgIpc) is 2.25. The standard InChI is InChI=1S/C11H16FNO2/c1-13-7-11(15-8-14-2)9-3-5-10(12)6-4-9/h3-6,11,13H,7-8H2,1-2H3. The molecule has 84 valence electrons. The summed E-state index contributed by atoms with van der Waals surface area (Å²) in [4.78, 5) is 0. The van der Waals surface area contributed by atoms with Gasteiger partial charge in [0.15, 0.2) is 0 Å². The fourth-order valence-corrected chi connectivity index (χ4v) is 1.29. The van der Waals surface area contributed by atoms with Gasteiger partial charge in [0, 0.05) is 13.7 Å². The summed E-state index contributed by atoms with van der Waals surface area (Å²) < 4.78 is 23.0. The number of likely N-dealkylation sites (N-methyl/N-ethyl adjacent to an activating group) is 1. The van der Waals surface area contributed by atoms with Gasteiger partial charge < -0.3 is 14.8 Å². The summed E-state index contributed by atoms with van der Waals surface area (Å²) in [6, 6.07) is 6.28. The quantitative estimate of drug-likeness (QED) is 0.730. The van der Waals surface area contributed by atoms with E-state index in [0.717, 1.165) is 5.56 Å². The minimum absolute atomic E-state index is 0.115. The molecule has 1 atom stereocenters. The number of hydrogen-bond acceptors (Lipinski definition) is 3. The van der Waals surface area contributed by atoms with E-state index in [2.05, 4.69) is 5.32 Å². The van der Waals surface area contributed by atoms with Crippen LogP contribution in [0.25, 0.3) is 0 Å². The van der Waals surface area contributed by atoms with Crippen molar-refractivity contribution in [3.8, 4) is 0 Å². The zero-order valence-electron chi connectivity index (χ0n) is 9.00. The molecule has 0 heterocycles. The number of benzene rings is 1. The summed E-state index contributed by atoms with van der Waals surface area (Å²) in [7, 11) is 3.41. The highest BCUT2D eigenvalue weighted by Gasteiger charge is 2.10. The van der Waals surface area contributed by atoms with Gasteiger partial charge in [-0.25, -0.2) is 4.39 Å². The molecule has 1 unspecified atom stereocenters. The van der Waals surface area contributed by atoms with Crippen molar-refractivity contribution in [3.63, 3.8) is 0 Å². The van der Waals surface area contributed by atoms with E-state index < -0.39 is 0 Å². The lowest BCUT2D eigenvalue weighted by Crippen LogP contribution is -2.20. The molecule has 3 nitrogen and oxygen atoms in total. The molecule has 0 fully saturated rings. The second-order valence-corrected chi connectivity index (χ2v) is 3.17. The maximum absolute atomic E-state index is 12.7. The molecule has 1 aromatic carbocycles. The van der Waals surface area contributed by atoms with E-state index in [1.165, 1.54) is 12.1 Å². The van der Waals surface area contributed by atoms with Gasteiger partial charge in [-0.05, 0) is 24.7 Å². The number of ether oxygens (including phenoxy) is 2. The molecule has 15 heavy (non-hydrogen) atoms. The monoisotopic (exact) mass is 213 g/mol. The van der Waals surface area contributed by atoms with Crippen molar-refractivity contribution in [2.75, 3.05) is 27.5 Å². The third-order valence-corrected chi connectivity index (χ3v) is 2.02. The van der Waals surface area contributed by atoms with Crippen LogP contribution in [-0.4, -0.2) is 27.5 Å². The van der Waals surface area contributed by atoms with Crippen molar-refractivity contribution in [2.45, 2.75) is 6.10 Å². The smallest absolute Gasteiger partial charge is 0.147 e. The maximum Gasteiger partial charge on any atom is 0.147 e. The molecule has 0 aliphatic carbocycles. The molecular formula is C11H16FNO2. The van der Waals surface area contributed by atoms with Crippen molar-refractivity contribution >= 4 is 0 Å². The molecule has 1 N–H and O–H groups in total. The van der Waals surface area contributed by atoms with Crippen LogP contribution in [0.1, 0.15) is 11.7 Å². The highest BCUT2D eigenvalue weighted by Crippen LogP contribution is 2.16. The first-order chi connectivity index (χ1) is 7.27. The average molecular weight is 213 g/mol. The van der Waals surface area contributed by atoms with Gasteiger partial charge in [-0.3, -0.25) is 0 Å². The van der Waals surface area contributed by atoms with E-state index in [1.807, 2.05) is 7.05 Å². The van der Waals surface area contributed by atoms with Crippen LogP contribution < -0.4 is 5.32 Å². The topological polar surface area (TPSA) is 30.5 Å². The normalized spacial score (nSPS) is 12.7. The Bertz CT molecular complexity index is 276. The van der Waals surface area contributed by atoms with Crippen LogP contribution in [0.5, 0.6) is 0 Å². The molecule has 0 bridgehead atoms. The Morgan fingerprint density at radius 2 is 2.00 bits per heavy atom. The first-order valence-electron chi connectivity index (χ1n) is 4.78. The van der Waals surface area contributed by atoms with Crippen molar-refractivity contribution < 1.29 is 13.9 Å². The molecule has 0 saturated carbocycles. The van der Waals surface area contributed by atoms with E-state index in [0.29, 0.717) is 6.54 Å². The van der Waals surface area contributed by atoms with Crippen LogP contribution in [0.15, 0.2) is 24.3 Å². The Morgan fingerprint density at radius 3 is 2.53 bits per heavy atom. The van der Waals surface area contributed by atoms with Crippen LogP contribution in [0.4, 0.5) is 4.39 Å². The Balaban J connectivity index is 2.65. The highest BCUT2D eigenvalue weighted by molar-refractivity contribution is 5.19. The van der Waals surface area contributed by atoms with Crippen LogP contribution in [0.3, 0.4) is 0 Å². The highest BCUT2D eigenvalue weighted by atomic mass is 19.1. The third-order valence-electron chi connectivity index (χ3n) is 2.02. The van der Waals surface area contributed by atoms with Crippen LogP contribution in [0.2, 0.25) is 0 Å². The molecule has 0 radical (unpaired) electrons. The summed E-state index contributed by atoms with van der Waals surface area (Å²) >= 11 is 0. The third kappa shape index (κ3) is 3.95. The molecule has 0 spiro atoms. The minimum atomic E-state index is -0.242. The van der Waals surface area contributed by atoms with Crippen LogP contribution in [-0.2, 0) is 9.47 Å². The van der Waals surface area contributed by atoms with E-state index in [1.54, 1.807) is 19.2 Å². The molecule has 0 aliphatic rings. The summed E-state index contributed by atoms with van der Waals surface area (Å²) in [5.41, 5.74) is 0.933. The number of hydrogen-bond donors (Lipinski definition) is 1. The molecule has 0 aromatic heterocycles. The fraction of sp³-hybridized carbons (Fsp3) is 0.455. The fourth-order valence-electron chi connectivity index (χ4n) is 1.29. The first-order valence-corrected chi connectivity index (χ1v) is 4.78. The predicted octanol–water partition coefficient (Wildman–Crippen LogP) is 1.71. The minimum Gasteiger partial charge on any atom is -0.359 e. The summed E-state index contributed by atoms with van der Waals surface area (Å²) in [6.45, 7) is 0.888. The van der Waals surface area contributed by atoms with E-state index >= 15 is 0 Å². The van der Waals surface area contributed by atoms with E-state index in [9.17, 15) is 4.39 Å². The van der Waals surface area contributed by atoms with Crippen LogP contribution in [0, 0.1) is 5.82 Å². The number of halogens is 1. The number of methoxy groups -OCH3 is 1. The number of nitrogens with one attached hydrogen (secondary N) is 1. The van der Waals surface area contributed by atoms with Gasteiger partial charge in [0.05, 0.1) is 6.10 Å². The Labute approximate surface area is 89.2 Å². The zero-order chi connectivity index (χ0) is 11.1. The molecule has 1 aromatic rings. The van der Waals surface area contributed by atoms with Gasteiger partial charge in [-0.2, -0.15) is 0 Å². The summed E-state index contributed by atoms with van der Waals surface area (Å²) in [5.74, 6) is -0.242. The lowest BCUT2D eigenvalue weighted by atomic mass is 10.1. The van der Waals surface area contributed by atoms with Crippen LogP contribution >= 0.6 is 0 Å². The second kappa shape index (κ2) is 6.50. The van der Waals surface area contributed by atoms with E-state index in [4.69, 9.17) is 9.47 Å². The Morgan fingerprint density at radius 1 is 1.33 bits per heavy atom. The van der Waals surface area contributed by atoms with Crippen molar-refractivity contribution in [3.05, 3.63) is 35.6 Å². The van der Waals surface area contributed by atoms with Gasteiger partial charge >= 0.3 is 0 Å². The second-order valence-electron chi connectivity index (χ2n) is 3.17. The largest absolute Gasteiger partial charge is 0.359 e. The van der Waals surface area contributed by atoms with Crippen molar-refractivity contribution in [1.82, 2.24) is 5.32 Å². The maximum atomic E-state index is 12.7. The first kappa shape index (κ1) is 12.1. The molecule has 1 rings (SSSR count). The van der Waals surface area contributed by atoms with Gasteiger partial charge in [-0.1, -0.05) is 12.1 Å². The molecule has 0 amide bonds. The van der Waals surface area contributed by atoms with Gasteiger partial charge in [0.1, 0.15) is 12.6 Å². The molecular weight excluding hydrogens is 197 g/mol. The zero-order valence-corrected chi connectivity index (χ0v) is 9.00. The predicted molar refractivity (Wildman–Crippen MR) is 56.0 cm³/mol. The van der Waals surface area contributed by atoms with Crippen molar-refractivity contribution in [1.29, 1.82) is 0 Å². The van der Waals surface area contributed by atoms with Gasteiger partial charge in [0.2, 0.25) is 0 Å². The lowest BCUT2D eigenvalue weighted by Gasteiger charge is -2.17. The molecule has 0 aliphatic heterocycles. The van der Waals surface area contributed by atoms with Crippen molar-refractivity contribution in [2.24, 2.45) is 0 Å². The number of rotatable bonds is 6. The van der Waals surface area contributed by atoms with E-state index in [-0.39, 0.29) is 18.7 Å². The molecule has 4 heteroatoms. The van der Waals surface area contributed by atoms with Gasteiger partial charge in [-0.15, -0.1) is 0 Å².